The van der Waals surface area contributed by atoms with Crippen molar-refractivity contribution in [1.82, 2.24) is 15.6 Å². The second-order valence-corrected chi connectivity index (χ2v) is 8.46. The topological polar surface area (TPSA) is 94.2 Å². The van der Waals surface area contributed by atoms with Crippen molar-refractivity contribution in [3.8, 4) is 11.3 Å². The molecule has 2 fully saturated rings. The van der Waals surface area contributed by atoms with Crippen LogP contribution in [0.25, 0.3) is 11.3 Å². The third-order valence-electron chi connectivity index (χ3n) is 5.93. The summed E-state index contributed by atoms with van der Waals surface area (Å²) in [5, 5.41) is 15.2. The maximum Gasteiger partial charge on any atom is 0.399 e. The van der Waals surface area contributed by atoms with E-state index in [4.69, 9.17) is 11.6 Å². The van der Waals surface area contributed by atoms with E-state index in [-0.39, 0.29) is 37.9 Å². The molecule has 2 aromatic rings. The van der Waals surface area contributed by atoms with Crippen molar-refractivity contribution in [3.05, 3.63) is 46.6 Å². The summed E-state index contributed by atoms with van der Waals surface area (Å²) in [6, 6.07) is 7.15. The SMILES string of the molecule is O=C(CCc1cc(C2(C(F)(F)F)CC2)[nH]c1-c1ccc(Cl)cc1)N[C@@H]1C(=O)NC[C@H]1O. The van der Waals surface area contributed by atoms with Crippen molar-refractivity contribution in [2.24, 2.45) is 0 Å². The molecule has 2 amide bonds. The van der Waals surface area contributed by atoms with Gasteiger partial charge in [-0.15, -0.1) is 0 Å². The summed E-state index contributed by atoms with van der Waals surface area (Å²) in [5.41, 5.74) is -0.0468. The Kier molecular flexibility index (Phi) is 5.51. The number of carbonyl (C=O) groups excluding carboxylic acids is 2. The first-order valence-electron chi connectivity index (χ1n) is 9.91. The standard InChI is InChI=1S/C21H21ClF3N3O3/c22-13-4-1-11(2-5-13)17-12(9-15(27-17)20(7-8-20)21(23,24)25)3-6-16(30)28-18-14(29)10-26-19(18)31/h1-2,4-5,9,14,18,27,29H,3,6-8,10H2,(H,26,31)(H,28,30)/t14-,18+/m1/s1. The molecule has 0 radical (unpaired) electrons. The maximum absolute atomic E-state index is 13.6. The number of alkyl halides is 3. The van der Waals surface area contributed by atoms with Gasteiger partial charge in [-0.1, -0.05) is 23.7 Å². The van der Waals surface area contributed by atoms with Gasteiger partial charge >= 0.3 is 6.18 Å². The highest BCUT2D eigenvalue weighted by atomic mass is 35.5. The zero-order valence-electron chi connectivity index (χ0n) is 16.4. The molecule has 2 heterocycles. The van der Waals surface area contributed by atoms with E-state index in [1.807, 2.05) is 0 Å². The lowest BCUT2D eigenvalue weighted by Crippen LogP contribution is -2.45. The Morgan fingerprint density at radius 1 is 1.26 bits per heavy atom. The minimum absolute atomic E-state index is 0.0195. The van der Waals surface area contributed by atoms with Gasteiger partial charge in [0, 0.05) is 29.4 Å². The van der Waals surface area contributed by atoms with Crippen molar-refractivity contribution in [2.75, 3.05) is 6.54 Å². The van der Waals surface area contributed by atoms with Gasteiger partial charge in [-0.25, -0.2) is 0 Å². The number of aromatic amines is 1. The lowest BCUT2D eigenvalue weighted by atomic mass is 10.00. The first kappa shape index (κ1) is 21.7. The highest BCUT2D eigenvalue weighted by molar-refractivity contribution is 6.30. The molecule has 1 saturated heterocycles. The van der Waals surface area contributed by atoms with E-state index in [0.717, 1.165) is 0 Å². The van der Waals surface area contributed by atoms with Crippen molar-refractivity contribution in [1.29, 1.82) is 0 Å². The average Bonchev–Trinajstić information content (AvgIpc) is 3.35. The van der Waals surface area contributed by atoms with Crippen LogP contribution >= 0.6 is 11.6 Å². The molecular weight excluding hydrogens is 435 g/mol. The fraction of sp³-hybridized carbons (Fsp3) is 0.429. The number of benzene rings is 1. The van der Waals surface area contributed by atoms with Gasteiger partial charge in [0.25, 0.3) is 0 Å². The molecule has 1 aromatic carbocycles. The number of hydrogen-bond donors (Lipinski definition) is 4. The molecule has 166 valence electrons. The Hall–Kier alpha value is -2.52. The van der Waals surface area contributed by atoms with Crippen LogP contribution in [0.15, 0.2) is 30.3 Å². The van der Waals surface area contributed by atoms with E-state index in [2.05, 4.69) is 15.6 Å². The van der Waals surface area contributed by atoms with Gasteiger partial charge in [-0.3, -0.25) is 9.59 Å². The lowest BCUT2D eigenvalue weighted by Gasteiger charge is -2.17. The quantitative estimate of drug-likeness (QED) is 0.539. The summed E-state index contributed by atoms with van der Waals surface area (Å²) in [6.07, 6.45) is -5.22. The summed E-state index contributed by atoms with van der Waals surface area (Å²) in [5.74, 6) is -0.935. The Morgan fingerprint density at radius 3 is 2.48 bits per heavy atom. The molecule has 2 aliphatic rings. The van der Waals surface area contributed by atoms with E-state index >= 15 is 0 Å². The zero-order valence-corrected chi connectivity index (χ0v) is 17.1. The second kappa shape index (κ2) is 7.87. The summed E-state index contributed by atoms with van der Waals surface area (Å²) >= 11 is 5.93. The van der Waals surface area contributed by atoms with Crippen molar-refractivity contribution in [2.45, 2.75) is 49.4 Å². The largest absolute Gasteiger partial charge is 0.399 e. The van der Waals surface area contributed by atoms with Crippen LogP contribution in [0.1, 0.15) is 30.5 Å². The smallest absolute Gasteiger partial charge is 0.389 e. The number of aliphatic hydroxyl groups excluding tert-OH is 1. The minimum atomic E-state index is -4.37. The molecule has 4 N–H and O–H groups in total. The molecule has 6 nitrogen and oxygen atoms in total. The molecule has 1 aliphatic carbocycles. The number of halogens is 4. The van der Waals surface area contributed by atoms with Gasteiger partial charge in [0.05, 0.1) is 0 Å². The number of H-pyrrole nitrogens is 1. The Balaban J connectivity index is 1.56. The Morgan fingerprint density at radius 2 is 1.94 bits per heavy atom. The van der Waals surface area contributed by atoms with Gasteiger partial charge in [0.15, 0.2) is 0 Å². The van der Waals surface area contributed by atoms with Crippen LogP contribution in [0.5, 0.6) is 0 Å². The summed E-state index contributed by atoms with van der Waals surface area (Å²) in [6.45, 7) is 0.0607. The molecule has 2 atom stereocenters. The van der Waals surface area contributed by atoms with E-state index in [9.17, 15) is 27.9 Å². The fourth-order valence-corrected chi connectivity index (χ4v) is 4.05. The number of carbonyl (C=O) groups is 2. The van der Waals surface area contributed by atoms with E-state index in [0.29, 0.717) is 21.8 Å². The Bertz CT molecular complexity index is 1000. The predicted octanol–water partition coefficient (Wildman–Crippen LogP) is 2.84. The molecule has 0 bridgehead atoms. The minimum Gasteiger partial charge on any atom is -0.389 e. The summed E-state index contributed by atoms with van der Waals surface area (Å²) in [4.78, 5) is 26.9. The van der Waals surface area contributed by atoms with Gasteiger partial charge in [0.1, 0.15) is 17.6 Å². The predicted molar refractivity (Wildman–Crippen MR) is 107 cm³/mol. The number of amides is 2. The monoisotopic (exact) mass is 455 g/mol. The van der Waals surface area contributed by atoms with Crippen molar-refractivity contribution >= 4 is 23.4 Å². The average molecular weight is 456 g/mol. The summed E-state index contributed by atoms with van der Waals surface area (Å²) in [7, 11) is 0. The van der Waals surface area contributed by atoms with Crippen LogP contribution in [0.2, 0.25) is 5.02 Å². The summed E-state index contributed by atoms with van der Waals surface area (Å²) < 4.78 is 40.9. The molecular formula is C21H21ClF3N3O3. The van der Waals surface area contributed by atoms with Crippen molar-refractivity contribution < 1.29 is 27.9 Å². The number of rotatable bonds is 6. The normalized spacial score (nSPS) is 22.3. The number of aromatic nitrogens is 1. The van der Waals surface area contributed by atoms with Gasteiger partial charge < -0.3 is 20.7 Å². The number of hydrogen-bond acceptors (Lipinski definition) is 3. The van der Waals surface area contributed by atoms with Crippen LogP contribution in [0, 0.1) is 0 Å². The number of β-amino-alcohol motifs (C(OH)–C–C–N with tert-alkyl or cyclic N) is 1. The van der Waals surface area contributed by atoms with E-state index < -0.39 is 35.6 Å². The molecule has 0 unspecified atom stereocenters. The zero-order chi connectivity index (χ0) is 22.4. The van der Waals surface area contributed by atoms with Crippen LogP contribution in [-0.4, -0.2) is 46.8 Å². The third-order valence-corrected chi connectivity index (χ3v) is 6.18. The highest BCUT2D eigenvalue weighted by Gasteiger charge is 2.65. The maximum atomic E-state index is 13.6. The molecule has 1 saturated carbocycles. The highest BCUT2D eigenvalue weighted by Crippen LogP contribution is 2.59. The van der Waals surface area contributed by atoms with Gasteiger partial charge in [-0.2, -0.15) is 13.2 Å². The molecule has 0 spiro atoms. The molecule has 31 heavy (non-hydrogen) atoms. The van der Waals surface area contributed by atoms with Crippen molar-refractivity contribution in [3.63, 3.8) is 0 Å². The molecule has 4 rings (SSSR count). The fourth-order valence-electron chi connectivity index (χ4n) is 3.92. The second-order valence-electron chi connectivity index (χ2n) is 8.03. The number of aryl methyl sites for hydroxylation is 1. The Labute approximate surface area is 181 Å². The van der Waals surface area contributed by atoms with Gasteiger partial charge in [0.2, 0.25) is 11.8 Å². The van der Waals surface area contributed by atoms with Crippen LogP contribution in [0.4, 0.5) is 13.2 Å². The third kappa shape index (κ3) is 4.16. The lowest BCUT2D eigenvalue weighted by molar-refractivity contribution is -0.161. The molecule has 1 aromatic heterocycles. The van der Waals surface area contributed by atoms with E-state index in [1.165, 1.54) is 6.07 Å². The van der Waals surface area contributed by atoms with Crippen LogP contribution in [0.3, 0.4) is 0 Å². The molecule has 10 heteroatoms. The first-order chi connectivity index (χ1) is 14.6. The number of nitrogens with one attached hydrogen (secondary N) is 3. The first-order valence-corrected chi connectivity index (χ1v) is 10.3. The number of aliphatic hydroxyl groups is 1. The van der Waals surface area contributed by atoms with Crippen LogP contribution in [-0.2, 0) is 21.4 Å². The molecule has 1 aliphatic heterocycles. The van der Waals surface area contributed by atoms with E-state index in [1.54, 1.807) is 24.3 Å². The van der Waals surface area contributed by atoms with Crippen LogP contribution < -0.4 is 10.6 Å². The van der Waals surface area contributed by atoms with Gasteiger partial charge in [-0.05, 0) is 48.6 Å².